The minimum Gasteiger partial charge on any atom is -0.439 e. The molecule has 4 aromatic rings. The van der Waals surface area contributed by atoms with Crippen LogP contribution in [-0.4, -0.2) is 38.9 Å². The molecule has 172 valence electrons. The molecule has 34 heavy (non-hydrogen) atoms. The zero-order valence-electron chi connectivity index (χ0n) is 18.8. The van der Waals surface area contributed by atoms with Crippen LogP contribution in [0.2, 0.25) is 0 Å². The van der Waals surface area contributed by atoms with E-state index >= 15 is 0 Å². The summed E-state index contributed by atoms with van der Waals surface area (Å²) >= 11 is 0. The highest BCUT2D eigenvalue weighted by molar-refractivity contribution is 5.99. The number of nitrogens with zero attached hydrogens (tertiary/aromatic N) is 4. The number of carbonyl (C=O) groups is 1. The van der Waals surface area contributed by atoms with Crippen molar-refractivity contribution in [1.82, 2.24) is 19.7 Å². The zero-order chi connectivity index (χ0) is 23.4. The summed E-state index contributed by atoms with van der Waals surface area (Å²) in [6, 6.07) is 20.8. The standard InChI is InChI=1S/C26H25N5O3/c1-19-28-23(31-15-5-14-27-31)18-24(29-19)34-22-10-8-21(9-11-22)30-25(32)26(12-16-33-17-13-26)20-6-3-2-4-7-20/h2-11,14-15,18H,12-13,16-17H2,1H3,(H,30,32). The second kappa shape index (κ2) is 9.44. The van der Waals surface area contributed by atoms with Gasteiger partial charge < -0.3 is 14.8 Å². The second-order valence-corrected chi connectivity index (χ2v) is 8.20. The van der Waals surface area contributed by atoms with Gasteiger partial charge in [0.25, 0.3) is 0 Å². The lowest BCUT2D eigenvalue weighted by Crippen LogP contribution is -2.44. The van der Waals surface area contributed by atoms with Crippen molar-refractivity contribution in [2.24, 2.45) is 0 Å². The van der Waals surface area contributed by atoms with E-state index in [9.17, 15) is 4.79 Å². The van der Waals surface area contributed by atoms with Gasteiger partial charge in [-0.1, -0.05) is 30.3 Å². The van der Waals surface area contributed by atoms with Gasteiger partial charge in [-0.25, -0.2) is 9.67 Å². The summed E-state index contributed by atoms with van der Waals surface area (Å²) in [6.45, 7) is 2.93. The fraction of sp³-hybridized carbons (Fsp3) is 0.231. The fourth-order valence-corrected chi connectivity index (χ4v) is 4.20. The topological polar surface area (TPSA) is 91.2 Å². The van der Waals surface area contributed by atoms with Crippen molar-refractivity contribution in [3.63, 3.8) is 0 Å². The second-order valence-electron chi connectivity index (χ2n) is 8.20. The SMILES string of the molecule is Cc1nc(Oc2ccc(NC(=O)C3(c4ccccc4)CCOCC3)cc2)cc(-n2cccn2)n1. The maximum absolute atomic E-state index is 13.4. The number of benzene rings is 2. The van der Waals surface area contributed by atoms with Crippen molar-refractivity contribution in [3.05, 3.63) is 90.5 Å². The van der Waals surface area contributed by atoms with E-state index in [4.69, 9.17) is 9.47 Å². The summed E-state index contributed by atoms with van der Waals surface area (Å²) in [4.78, 5) is 22.2. The predicted octanol–water partition coefficient (Wildman–Crippen LogP) is 4.45. The van der Waals surface area contributed by atoms with E-state index < -0.39 is 5.41 Å². The Bertz CT molecular complexity index is 1250. The van der Waals surface area contributed by atoms with Crippen LogP contribution in [0.4, 0.5) is 5.69 Å². The van der Waals surface area contributed by atoms with Crippen LogP contribution < -0.4 is 10.1 Å². The smallest absolute Gasteiger partial charge is 0.235 e. The summed E-state index contributed by atoms with van der Waals surface area (Å²) in [6.07, 6.45) is 4.79. The van der Waals surface area contributed by atoms with Crippen LogP contribution >= 0.6 is 0 Å². The highest BCUT2D eigenvalue weighted by atomic mass is 16.5. The van der Waals surface area contributed by atoms with E-state index in [1.807, 2.05) is 54.7 Å². The van der Waals surface area contributed by atoms with Gasteiger partial charge in [0, 0.05) is 37.4 Å². The van der Waals surface area contributed by atoms with Gasteiger partial charge in [0.15, 0.2) is 5.82 Å². The number of rotatable bonds is 6. The summed E-state index contributed by atoms with van der Waals surface area (Å²) < 4.78 is 13.1. The van der Waals surface area contributed by atoms with Gasteiger partial charge in [0.1, 0.15) is 11.6 Å². The minimum atomic E-state index is -0.601. The lowest BCUT2D eigenvalue weighted by molar-refractivity contribution is -0.125. The Labute approximate surface area is 197 Å². The Morgan fingerprint density at radius 2 is 1.79 bits per heavy atom. The van der Waals surface area contributed by atoms with Gasteiger partial charge in [-0.15, -0.1) is 0 Å². The molecule has 0 saturated carbocycles. The number of hydrogen-bond donors (Lipinski definition) is 1. The molecule has 2 aromatic heterocycles. The Balaban J connectivity index is 1.31. The third-order valence-corrected chi connectivity index (χ3v) is 5.98. The molecule has 1 aliphatic rings. The summed E-state index contributed by atoms with van der Waals surface area (Å²) in [5, 5.41) is 7.30. The van der Waals surface area contributed by atoms with Gasteiger partial charge in [-0.2, -0.15) is 10.1 Å². The number of carbonyl (C=O) groups excluding carboxylic acids is 1. The van der Waals surface area contributed by atoms with E-state index in [1.165, 1.54) is 0 Å². The molecule has 8 nitrogen and oxygen atoms in total. The first-order valence-electron chi connectivity index (χ1n) is 11.2. The third kappa shape index (κ3) is 4.53. The number of aromatic nitrogens is 4. The Morgan fingerprint density at radius 3 is 2.50 bits per heavy atom. The van der Waals surface area contributed by atoms with Crippen LogP contribution in [0.3, 0.4) is 0 Å². The number of amides is 1. The third-order valence-electron chi connectivity index (χ3n) is 5.98. The molecule has 1 N–H and O–H groups in total. The molecule has 1 amide bonds. The van der Waals surface area contributed by atoms with Crippen LogP contribution in [-0.2, 0) is 14.9 Å². The minimum absolute atomic E-state index is 0.0223. The number of hydrogen-bond acceptors (Lipinski definition) is 6. The lowest BCUT2D eigenvalue weighted by Gasteiger charge is -2.36. The molecule has 1 fully saturated rings. The van der Waals surface area contributed by atoms with Crippen LogP contribution in [0.25, 0.3) is 5.82 Å². The van der Waals surface area contributed by atoms with Crippen molar-refractivity contribution < 1.29 is 14.3 Å². The number of ether oxygens (including phenoxy) is 2. The van der Waals surface area contributed by atoms with Crippen molar-refractivity contribution in [2.45, 2.75) is 25.2 Å². The molecule has 3 heterocycles. The molecule has 0 bridgehead atoms. The molecule has 2 aromatic carbocycles. The van der Waals surface area contributed by atoms with Gasteiger partial charge in [0.05, 0.1) is 5.41 Å². The van der Waals surface area contributed by atoms with Crippen LogP contribution in [0.1, 0.15) is 24.2 Å². The van der Waals surface area contributed by atoms with Crippen LogP contribution in [0.15, 0.2) is 79.1 Å². The molecular weight excluding hydrogens is 430 g/mol. The summed E-state index contributed by atoms with van der Waals surface area (Å²) in [5.74, 6) is 2.20. The molecular formula is C26H25N5O3. The summed E-state index contributed by atoms with van der Waals surface area (Å²) in [5.41, 5.74) is 1.12. The number of anilines is 1. The lowest BCUT2D eigenvalue weighted by atomic mass is 9.73. The van der Waals surface area contributed by atoms with Gasteiger partial charge in [-0.05, 0) is 55.7 Å². The van der Waals surface area contributed by atoms with Crippen molar-refractivity contribution in [1.29, 1.82) is 0 Å². The van der Waals surface area contributed by atoms with Gasteiger partial charge in [0.2, 0.25) is 11.8 Å². The maximum atomic E-state index is 13.4. The normalized spacial score (nSPS) is 15.0. The highest BCUT2D eigenvalue weighted by Gasteiger charge is 2.41. The first-order chi connectivity index (χ1) is 16.6. The largest absolute Gasteiger partial charge is 0.439 e. The quantitative estimate of drug-likeness (QED) is 0.462. The van der Waals surface area contributed by atoms with Crippen molar-refractivity contribution in [3.8, 4) is 17.4 Å². The molecule has 5 rings (SSSR count). The zero-order valence-corrected chi connectivity index (χ0v) is 18.8. The van der Waals surface area contributed by atoms with E-state index in [2.05, 4.69) is 20.4 Å². The average molecular weight is 456 g/mol. The van der Waals surface area contributed by atoms with Crippen LogP contribution in [0.5, 0.6) is 11.6 Å². The maximum Gasteiger partial charge on any atom is 0.235 e. The molecule has 8 heteroatoms. The van der Waals surface area contributed by atoms with Crippen molar-refractivity contribution in [2.75, 3.05) is 18.5 Å². The first kappa shape index (κ1) is 21.8. The Kier molecular flexibility index (Phi) is 6.05. The predicted molar refractivity (Wildman–Crippen MR) is 127 cm³/mol. The Hall–Kier alpha value is -4.04. The van der Waals surface area contributed by atoms with Crippen LogP contribution in [0, 0.1) is 6.92 Å². The van der Waals surface area contributed by atoms with Gasteiger partial charge in [-0.3, -0.25) is 4.79 Å². The van der Waals surface area contributed by atoms with E-state index in [-0.39, 0.29) is 5.91 Å². The van der Waals surface area contributed by atoms with Gasteiger partial charge >= 0.3 is 0 Å². The number of nitrogens with one attached hydrogen (secondary N) is 1. The molecule has 1 aliphatic heterocycles. The highest BCUT2D eigenvalue weighted by Crippen LogP contribution is 2.36. The van der Waals surface area contributed by atoms with E-state index in [0.717, 1.165) is 5.56 Å². The fourth-order valence-electron chi connectivity index (χ4n) is 4.20. The average Bonchev–Trinajstić information content (AvgIpc) is 3.41. The molecule has 0 spiro atoms. The van der Waals surface area contributed by atoms with E-state index in [0.29, 0.717) is 55.0 Å². The number of aryl methyl sites for hydroxylation is 1. The molecule has 1 saturated heterocycles. The Morgan fingerprint density at radius 1 is 1.03 bits per heavy atom. The first-order valence-corrected chi connectivity index (χ1v) is 11.2. The molecule has 0 aliphatic carbocycles. The monoisotopic (exact) mass is 455 g/mol. The van der Waals surface area contributed by atoms with E-state index in [1.54, 1.807) is 36.0 Å². The molecule has 0 unspecified atom stereocenters. The summed E-state index contributed by atoms with van der Waals surface area (Å²) in [7, 11) is 0. The molecule has 0 atom stereocenters. The molecule has 0 radical (unpaired) electrons. The van der Waals surface area contributed by atoms with Crippen molar-refractivity contribution >= 4 is 11.6 Å².